The second kappa shape index (κ2) is 15.2. The lowest BCUT2D eigenvalue weighted by atomic mass is 9.65. The number of hydrogen-bond donors (Lipinski definition) is 3. The molecular formula is C30H48N6. The smallest absolute Gasteiger partial charge is 0.128 e. The molecule has 2 heterocycles. The first kappa shape index (κ1) is 29.2. The highest BCUT2D eigenvalue weighted by Crippen LogP contribution is 2.47. The third-order valence-corrected chi connectivity index (χ3v) is 7.63. The number of nitrogens with two attached hydrogens (primary N) is 1. The van der Waals surface area contributed by atoms with Crippen LogP contribution in [0.5, 0.6) is 0 Å². The Labute approximate surface area is 219 Å². The number of nitrogens with zero attached hydrogens (tertiary/aromatic N) is 3. The molecule has 1 aliphatic heterocycles. The van der Waals surface area contributed by atoms with Crippen LogP contribution in [0.1, 0.15) is 72.6 Å². The minimum atomic E-state index is 0.612. The topological polar surface area (TPSA) is 78.6 Å². The summed E-state index contributed by atoms with van der Waals surface area (Å²) in [6, 6.07) is 14.2. The van der Waals surface area contributed by atoms with Crippen molar-refractivity contribution in [3.05, 3.63) is 60.9 Å². The number of rotatable bonds is 6. The van der Waals surface area contributed by atoms with Crippen molar-refractivity contribution >= 4 is 22.9 Å². The van der Waals surface area contributed by atoms with E-state index in [1.165, 1.54) is 44.9 Å². The molecule has 2 aromatic rings. The lowest BCUT2D eigenvalue weighted by Crippen LogP contribution is -2.42. The van der Waals surface area contributed by atoms with Crippen LogP contribution in [-0.2, 0) is 0 Å². The molecule has 0 amide bonds. The number of hydrogen-bond acceptors (Lipinski definition) is 6. The van der Waals surface area contributed by atoms with Crippen molar-refractivity contribution in [3.63, 3.8) is 0 Å². The van der Waals surface area contributed by atoms with Gasteiger partial charge < -0.3 is 21.4 Å². The van der Waals surface area contributed by atoms with E-state index in [-0.39, 0.29) is 0 Å². The van der Waals surface area contributed by atoms with Crippen LogP contribution < -0.4 is 21.4 Å². The van der Waals surface area contributed by atoms with Gasteiger partial charge >= 0.3 is 0 Å². The third-order valence-electron chi connectivity index (χ3n) is 7.63. The van der Waals surface area contributed by atoms with Crippen LogP contribution in [-0.4, -0.2) is 30.8 Å². The van der Waals surface area contributed by atoms with Crippen molar-refractivity contribution < 1.29 is 0 Å². The lowest BCUT2D eigenvalue weighted by Gasteiger charge is -2.46. The predicted octanol–water partition coefficient (Wildman–Crippen LogP) is 7.28. The fourth-order valence-corrected chi connectivity index (χ4v) is 5.00. The number of aromatic nitrogens is 1. The minimum Gasteiger partial charge on any atom is -0.388 e. The van der Waals surface area contributed by atoms with Crippen LogP contribution in [0.25, 0.3) is 0 Å². The standard InChI is InChI=1S/C21H33N5.C7H9N.C2H6/c1-4-18-7-9-21(10-8-18)11-13-26(14-12-21)20-6-5-19(15-23-20)24-16(2)17(3)25-22;1-8-7-5-3-2-4-6-7;1-2/h5-6,15,18,24H,2,4,7-14,22H2,1,3H3;2-6,8H,1H3;1-2H3/b25-17+;;. The molecule has 0 unspecified atom stereocenters. The van der Waals surface area contributed by atoms with E-state index in [2.05, 4.69) is 45.2 Å². The van der Waals surface area contributed by atoms with Crippen LogP contribution in [0.2, 0.25) is 0 Å². The van der Waals surface area contributed by atoms with E-state index in [9.17, 15) is 0 Å². The molecule has 1 saturated carbocycles. The van der Waals surface area contributed by atoms with Crippen LogP contribution >= 0.6 is 0 Å². The molecule has 1 aromatic heterocycles. The lowest BCUT2D eigenvalue weighted by molar-refractivity contribution is 0.112. The Morgan fingerprint density at radius 3 is 2.17 bits per heavy atom. The van der Waals surface area contributed by atoms with Crippen LogP contribution in [0.4, 0.5) is 17.2 Å². The maximum atomic E-state index is 5.29. The molecule has 2 fully saturated rings. The van der Waals surface area contributed by atoms with Crippen LogP contribution in [0.15, 0.2) is 66.0 Å². The second-order valence-electron chi connectivity index (χ2n) is 9.68. The van der Waals surface area contributed by atoms with E-state index in [1.54, 1.807) is 0 Å². The van der Waals surface area contributed by atoms with Gasteiger partial charge in [0.2, 0.25) is 0 Å². The fraction of sp³-hybridized carbons (Fsp3) is 0.533. The number of pyridine rings is 1. The van der Waals surface area contributed by atoms with Crippen molar-refractivity contribution in [1.29, 1.82) is 0 Å². The maximum absolute atomic E-state index is 5.29. The molecule has 1 saturated heterocycles. The molecule has 0 radical (unpaired) electrons. The molecule has 198 valence electrons. The molecule has 4 N–H and O–H groups in total. The normalized spacial score (nSPS) is 17.2. The highest BCUT2D eigenvalue weighted by Gasteiger charge is 2.37. The Kier molecular flexibility index (Phi) is 12.3. The number of benzene rings is 1. The van der Waals surface area contributed by atoms with Crippen molar-refractivity contribution in [2.75, 3.05) is 35.7 Å². The van der Waals surface area contributed by atoms with Gasteiger partial charge in [-0.05, 0) is 81.0 Å². The van der Waals surface area contributed by atoms with Gasteiger partial charge in [0.15, 0.2) is 0 Å². The number of para-hydroxylation sites is 1. The number of piperidine rings is 1. The molecule has 6 heteroatoms. The van der Waals surface area contributed by atoms with E-state index in [1.807, 2.05) is 70.4 Å². The second-order valence-corrected chi connectivity index (χ2v) is 9.68. The summed E-state index contributed by atoms with van der Waals surface area (Å²) in [4.78, 5) is 7.08. The Hall–Kier alpha value is -3.02. The van der Waals surface area contributed by atoms with Gasteiger partial charge in [-0.15, -0.1) is 0 Å². The van der Waals surface area contributed by atoms with E-state index < -0.39 is 0 Å². The van der Waals surface area contributed by atoms with Gasteiger partial charge in [0.25, 0.3) is 0 Å². The zero-order valence-corrected chi connectivity index (χ0v) is 23.2. The van der Waals surface area contributed by atoms with E-state index >= 15 is 0 Å². The number of nitrogens with one attached hydrogen (secondary N) is 2. The Balaban J connectivity index is 0.000000384. The molecule has 36 heavy (non-hydrogen) atoms. The Morgan fingerprint density at radius 2 is 1.69 bits per heavy atom. The van der Waals surface area contributed by atoms with Crippen molar-refractivity contribution in [2.45, 2.75) is 72.6 Å². The summed E-state index contributed by atoms with van der Waals surface area (Å²) in [6.07, 6.45) is 11.6. The summed E-state index contributed by atoms with van der Waals surface area (Å²) < 4.78 is 0. The largest absolute Gasteiger partial charge is 0.388 e. The van der Waals surface area contributed by atoms with E-state index in [0.717, 1.165) is 36.2 Å². The molecular weight excluding hydrogens is 444 g/mol. The summed E-state index contributed by atoms with van der Waals surface area (Å²) in [7, 11) is 1.91. The molecule has 0 atom stereocenters. The molecule has 6 nitrogen and oxygen atoms in total. The van der Waals surface area contributed by atoms with E-state index in [0.29, 0.717) is 16.8 Å². The van der Waals surface area contributed by atoms with Gasteiger partial charge in [0, 0.05) is 25.8 Å². The number of allylic oxidation sites excluding steroid dienone is 1. The van der Waals surface area contributed by atoms with E-state index in [4.69, 9.17) is 5.84 Å². The average molecular weight is 493 g/mol. The number of anilines is 3. The fourth-order valence-electron chi connectivity index (χ4n) is 5.00. The molecule has 2 aliphatic rings. The van der Waals surface area contributed by atoms with Gasteiger partial charge in [-0.3, -0.25) is 0 Å². The Bertz CT molecular complexity index is 904. The van der Waals surface area contributed by atoms with Gasteiger partial charge in [-0.25, -0.2) is 4.98 Å². The summed E-state index contributed by atoms with van der Waals surface area (Å²) in [5.41, 5.74) is 4.07. The predicted molar refractivity (Wildman–Crippen MR) is 158 cm³/mol. The summed E-state index contributed by atoms with van der Waals surface area (Å²) in [5, 5.41) is 9.87. The maximum Gasteiger partial charge on any atom is 0.128 e. The third kappa shape index (κ3) is 8.58. The molecule has 0 bridgehead atoms. The molecule has 4 rings (SSSR count). The van der Waals surface area contributed by atoms with Crippen molar-refractivity contribution in [3.8, 4) is 0 Å². The van der Waals surface area contributed by atoms with Crippen molar-refractivity contribution in [1.82, 2.24) is 4.98 Å². The summed E-state index contributed by atoms with van der Waals surface area (Å²) in [5.74, 6) is 7.33. The van der Waals surface area contributed by atoms with Gasteiger partial charge in [0.1, 0.15) is 5.82 Å². The molecule has 1 aromatic carbocycles. The van der Waals surface area contributed by atoms with Gasteiger partial charge in [-0.1, -0.05) is 52.0 Å². The quantitative estimate of drug-likeness (QED) is 0.224. The molecule has 1 aliphatic carbocycles. The van der Waals surface area contributed by atoms with Crippen molar-refractivity contribution in [2.24, 2.45) is 22.3 Å². The monoisotopic (exact) mass is 492 g/mol. The zero-order chi connectivity index (χ0) is 26.4. The first-order chi connectivity index (χ1) is 17.5. The van der Waals surface area contributed by atoms with Gasteiger partial charge in [-0.2, -0.15) is 5.10 Å². The SMILES string of the molecule is C=C(Nc1ccc(N2CCC3(CCC(CC)CC3)CC2)nc1)/C(C)=N/N.CC.CNc1ccccc1. The minimum absolute atomic E-state index is 0.612. The Morgan fingerprint density at radius 1 is 1.06 bits per heavy atom. The zero-order valence-electron chi connectivity index (χ0n) is 23.2. The average Bonchev–Trinajstić information content (AvgIpc) is 2.96. The summed E-state index contributed by atoms with van der Waals surface area (Å²) in [6.45, 7) is 14.4. The molecule has 1 spiro atoms. The first-order valence-electron chi connectivity index (χ1n) is 13.6. The number of hydrazone groups is 1. The van der Waals surface area contributed by atoms with Crippen LogP contribution in [0, 0.1) is 11.3 Å². The highest BCUT2D eigenvalue weighted by atomic mass is 15.2. The summed E-state index contributed by atoms with van der Waals surface area (Å²) >= 11 is 0. The van der Waals surface area contributed by atoms with Gasteiger partial charge in [0.05, 0.1) is 23.3 Å². The first-order valence-corrected chi connectivity index (χ1v) is 13.6. The van der Waals surface area contributed by atoms with Crippen LogP contribution in [0.3, 0.4) is 0 Å². The highest BCUT2D eigenvalue weighted by molar-refractivity contribution is 5.99.